The number of rotatable bonds is 6. The van der Waals surface area contributed by atoms with E-state index >= 15 is 0 Å². The second-order valence-corrected chi connectivity index (χ2v) is 11.1. The Labute approximate surface area is 237 Å². The number of fused-ring (bicyclic) bond motifs is 2. The summed E-state index contributed by atoms with van der Waals surface area (Å²) in [6, 6.07) is 15.8. The molecule has 5 aromatic rings. The number of carbonyl (C=O) groups excluding carboxylic acids is 2. The summed E-state index contributed by atoms with van der Waals surface area (Å²) in [5, 5.41) is 10.2. The van der Waals surface area contributed by atoms with Crippen LogP contribution in [0.1, 0.15) is 34.7 Å². The van der Waals surface area contributed by atoms with Gasteiger partial charge in [0.1, 0.15) is 11.5 Å². The lowest BCUT2D eigenvalue weighted by Crippen LogP contribution is -2.48. The Bertz CT molecular complexity index is 1790. The maximum Gasteiger partial charge on any atom is 0.219 e. The highest BCUT2D eigenvalue weighted by Gasteiger charge is 2.36. The Kier molecular flexibility index (Phi) is 6.08. The van der Waals surface area contributed by atoms with Crippen molar-refractivity contribution < 1.29 is 9.59 Å². The normalized spacial score (nSPS) is 15.7. The van der Waals surface area contributed by atoms with Crippen LogP contribution in [0.25, 0.3) is 33.4 Å². The van der Waals surface area contributed by atoms with Crippen LogP contribution in [0.2, 0.25) is 0 Å². The van der Waals surface area contributed by atoms with Gasteiger partial charge in [0.25, 0.3) is 0 Å². The minimum atomic E-state index is 0.0702. The average Bonchev–Trinajstić information content (AvgIpc) is 3.65. The van der Waals surface area contributed by atoms with Gasteiger partial charge in [0.15, 0.2) is 5.78 Å². The van der Waals surface area contributed by atoms with E-state index in [1.165, 1.54) is 0 Å². The van der Waals surface area contributed by atoms with Gasteiger partial charge >= 0.3 is 0 Å². The number of carbonyl (C=O) groups is 2. The average molecular weight is 549 g/mol. The van der Waals surface area contributed by atoms with Crippen LogP contribution in [0.3, 0.4) is 0 Å². The van der Waals surface area contributed by atoms with Crippen LogP contribution in [-0.4, -0.2) is 76.8 Å². The van der Waals surface area contributed by atoms with E-state index in [2.05, 4.69) is 32.8 Å². The fourth-order valence-corrected chi connectivity index (χ4v) is 6.16. The number of ketones is 1. The Hall–Kier alpha value is -4.57. The number of likely N-dealkylation sites (tertiary alicyclic amines) is 1. The molecule has 7 rings (SSSR count). The van der Waals surface area contributed by atoms with E-state index in [0.717, 1.165) is 63.6 Å². The van der Waals surface area contributed by atoms with E-state index in [1.807, 2.05) is 66.4 Å². The van der Waals surface area contributed by atoms with E-state index in [4.69, 9.17) is 10.1 Å². The molecule has 0 saturated carbocycles. The molecule has 5 heterocycles. The van der Waals surface area contributed by atoms with Crippen molar-refractivity contribution in [2.45, 2.75) is 25.9 Å². The molecule has 0 aliphatic carbocycles. The number of hydrogen-bond acceptors (Lipinski definition) is 6. The summed E-state index contributed by atoms with van der Waals surface area (Å²) in [6.07, 6.45) is 3.81. The topological polar surface area (TPSA) is 94.1 Å². The summed E-state index contributed by atoms with van der Waals surface area (Å²) < 4.78 is 5.99. The number of benzene rings is 2. The number of aryl methyl sites for hydroxylation is 2. The number of aromatic nitrogens is 6. The Balaban J connectivity index is 1.22. The highest BCUT2D eigenvalue weighted by Crippen LogP contribution is 2.37. The largest absolute Gasteiger partial charge is 0.335 e. The molecule has 0 N–H and O–H groups in total. The lowest BCUT2D eigenvalue weighted by atomic mass is 9.97. The smallest absolute Gasteiger partial charge is 0.219 e. The standard InChI is InChI=1S/C31H32N8O2/c1-20(40)38-11-12-39-27(18-38)30(33-31(39)24-16-37(17-24)19-28(41)21-7-5-4-6-8-21)22-9-10-26-25(13-22)29(34-36(26)3)23-14-32-35(2)15-23/h4-10,13-15,24H,11-12,16-19H2,1-3H3. The van der Waals surface area contributed by atoms with Crippen LogP contribution in [0.15, 0.2) is 60.9 Å². The van der Waals surface area contributed by atoms with Crippen molar-refractivity contribution in [3.05, 3.63) is 78.0 Å². The quantitative estimate of drug-likeness (QED) is 0.302. The molecular weight excluding hydrogens is 516 g/mol. The van der Waals surface area contributed by atoms with Crippen molar-refractivity contribution in [3.8, 4) is 22.5 Å². The summed E-state index contributed by atoms with van der Waals surface area (Å²) in [7, 11) is 3.85. The van der Waals surface area contributed by atoms with Crippen LogP contribution < -0.4 is 0 Å². The van der Waals surface area contributed by atoms with Gasteiger partial charge in [-0.15, -0.1) is 0 Å². The summed E-state index contributed by atoms with van der Waals surface area (Å²) >= 11 is 0. The molecule has 0 bridgehead atoms. The van der Waals surface area contributed by atoms with Crippen LogP contribution in [0.4, 0.5) is 0 Å². The number of nitrogens with zero attached hydrogens (tertiary/aromatic N) is 8. The van der Waals surface area contributed by atoms with Gasteiger partial charge in [0.05, 0.1) is 36.2 Å². The molecule has 1 saturated heterocycles. The van der Waals surface area contributed by atoms with E-state index in [0.29, 0.717) is 26.2 Å². The number of amides is 1. The van der Waals surface area contributed by atoms with Crippen molar-refractivity contribution in [1.82, 2.24) is 38.9 Å². The molecule has 0 radical (unpaired) electrons. The molecule has 3 aromatic heterocycles. The zero-order chi connectivity index (χ0) is 28.2. The van der Waals surface area contributed by atoms with Gasteiger partial charge in [0, 0.05) is 81.4 Å². The zero-order valence-electron chi connectivity index (χ0n) is 23.5. The third-order valence-electron chi connectivity index (χ3n) is 8.37. The summed E-state index contributed by atoms with van der Waals surface area (Å²) in [5.41, 5.74) is 6.60. The van der Waals surface area contributed by atoms with Crippen molar-refractivity contribution in [2.24, 2.45) is 14.1 Å². The van der Waals surface area contributed by atoms with Crippen molar-refractivity contribution >= 4 is 22.6 Å². The van der Waals surface area contributed by atoms with E-state index < -0.39 is 0 Å². The Morgan fingerprint density at radius 3 is 2.51 bits per heavy atom. The lowest BCUT2D eigenvalue weighted by Gasteiger charge is -2.39. The first-order valence-electron chi connectivity index (χ1n) is 14.0. The van der Waals surface area contributed by atoms with Gasteiger partial charge in [-0.25, -0.2) is 4.98 Å². The molecule has 0 atom stereocenters. The van der Waals surface area contributed by atoms with Gasteiger partial charge in [-0.1, -0.05) is 36.4 Å². The molecule has 0 unspecified atom stereocenters. The molecule has 2 aliphatic rings. The van der Waals surface area contributed by atoms with E-state index in [1.54, 1.807) is 11.6 Å². The summed E-state index contributed by atoms with van der Waals surface area (Å²) in [4.78, 5) is 34.4. The minimum Gasteiger partial charge on any atom is -0.335 e. The molecule has 208 valence electrons. The van der Waals surface area contributed by atoms with Crippen LogP contribution in [0.5, 0.6) is 0 Å². The number of Topliss-reactive ketones (excluding diaryl/α,β-unsaturated/α-hetero) is 1. The molecule has 10 heteroatoms. The molecule has 1 fully saturated rings. The highest BCUT2D eigenvalue weighted by molar-refractivity contribution is 5.97. The van der Waals surface area contributed by atoms with Crippen LogP contribution in [0, 0.1) is 0 Å². The van der Waals surface area contributed by atoms with Gasteiger partial charge < -0.3 is 9.47 Å². The van der Waals surface area contributed by atoms with E-state index in [-0.39, 0.29) is 17.6 Å². The number of hydrogen-bond donors (Lipinski definition) is 0. The lowest BCUT2D eigenvalue weighted by molar-refractivity contribution is -0.130. The fourth-order valence-electron chi connectivity index (χ4n) is 6.16. The second-order valence-electron chi connectivity index (χ2n) is 11.1. The molecule has 2 aromatic carbocycles. The minimum absolute atomic E-state index is 0.0702. The molecule has 41 heavy (non-hydrogen) atoms. The third kappa shape index (κ3) is 4.44. The maximum absolute atomic E-state index is 12.7. The first-order chi connectivity index (χ1) is 19.9. The predicted octanol–water partition coefficient (Wildman–Crippen LogP) is 3.48. The van der Waals surface area contributed by atoms with Crippen LogP contribution >= 0.6 is 0 Å². The first-order valence-corrected chi connectivity index (χ1v) is 14.0. The SMILES string of the molecule is CC(=O)N1CCn2c(C3CN(CC(=O)c4ccccc4)C3)nc(-c3ccc4c(c3)c(-c3cnn(C)c3)nn4C)c2C1. The third-order valence-corrected chi connectivity index (χ3v) is 8.37. The number of imidazole rings is 1. The summed E-state index contributed by atoms with van der Waals surface area (Å²) in [6.45, 7) is 5.53. The zero-order valence-corrected chi connectivity index (χ0v) is 23.5. The Morgan fingerprint density at radius 2 is 1.78 bits per heavy atom. The van der Waals surface area contributed by atoms with Crippen LogP contribution in [-0.2, 0) is 32.0 Å². The fraction of sp³-hybridized carbons (Fsp3) is 0.323. The van der Waals surface area contributed by atoms with Crippen molar-refractivity contribution in [2.75, 3.05) is 26.2 Å². The highest BCUT2D eigenvalue weighted by atomic mass is 16.2. The second kappa shape index (κ2) is 9.81. The van der Waals surface area contributed by atoms with Gasteiger partial charge in [-0.3, -0.25) is 23.9 Å². The van der Waals surface area contributed by atoms with E-state index in [9.17, 15) is 9.59 Å². The first kappa shape index (κ1) is 25.4. The molecule has 0 spiro atoms. The van der Waals surface area contributed by atoms with Crippen molar-refractivity contribution in [1.29, 1.82) is 0 Å². The maximum atomic E-state index is 12.7. The summed E-state index contributed by atoms with van der Waals surface area (Å²) in [5.74, 6) is 1.49. The monoisotopic (exact) mass is 548 g/mol. The van der Waals surface area contributed by atoms with Gasteiger partial charge in [-0.05, 0) is 12.1 Å². The molecule has 1 amide bonds. The van der Waals surface area contributed by atoms with Crippen molar-refractivity contribution in [3.63, 3.8) is 0 Å². The van der Waals surface area contributed by atoms with Gasteiger partial charge in [-0.2, -0.15) is 10.2 Å². The molecule has 2 aliphatic heterocycles. The molecule has 10 nitrogen and oxygen atoms in total. The molecular formula is C31H32N8O2. The predicted molar refractivity (Wildman–Crippen MR) is 155 cm³/mol. The Morgan fingerprint density at radius 1 is 0.976 bits per heavy atom. The van der Waals surface area contributed by atoms with Gasteiger partial charge in [0.2, 0.25) is 5.91 Å².